The number of carbonyl (C=O) groups is 2. The highest BCUT2D eigenvalue weighted by Gasteiger charge is 2.12. The largest absolute Gasteiger partial charge is 0.495 e. The molecule has 0 unspecified atom stereocenters. The zero-order chi connectivity index (χ0) is 14.3. The first kappa shape index (κ1) is 14.8. The summed E-state index contributed by atoms with van der Waals surface area (Å²) in [7, 11) is 1.49. The van der Waals surface area contributed by atoms with E-state index in [9.17, 15) is 9.59 Å². The highest BCUT2D eigenvalue weighted by Crippen LogP contribution is 2.24. The molecule has 1 aromatic rings. The number of amides is 2. The lowest BCUT2D eigenvalue weighted by Gasteiger charge is -2.10. The van der Waals surface area contributed by atoms with Crippen LogP contribution >= 0.6 is 0 Å². The molecule has 104 valence electrons. The van der Waals surface area contributed by atoms with Gasteiger partial charge in [-0.1, -0.05) is 6.07 Å². The van der Waals surface area contributed by atoms with Gasteiger partial charge >= 0.3 is 0 Å². The van der Waals surface area contributed by atoms with Crippen LogP contribution in [0.2, 0.25) is 0 Å². The van der Waals surface area contributed by atoms with Crippen molar-refractivity contribution in [2.45, 2.75) is 13.3 Å². The van der Waals surface area contributed by atoms with Crippen molar-refractivity contribution in [3.63, 3.8) is 0 Å². The Bertz CT molecular complexity index is 460. The summed E-state index contributed by atoms with van der Waals surface area (Å²) in [5, 5.41) is 5.30. The second-order valence-corrected chi connectivity index (χ2v) is 3.88. The maximum absolute atomic E-state index is 11.9. The Morgan fingerprint density at radius 1 is 1.32 bits per heavy atom. The van der Waals surface area contributed by atoms with E-state index in [2.05, 4.69) is 10.6 Å². The van der Waals surface area contributed by atoms with E-state index in [1.54, 1.807) is 18.2 Å². The van der Waals surface area contributed by atoms with Crippen LogP contribution in [0.3, 0.4) is 0 Å². The summed E-state index contributed by atoms with van der Waals surface area (Å²) in [4.78, 5) is 23.1. The van der Waals surface area contributed by atoms with Crippen molar-refractivity contribution in [1.82, 2.24) is 10.6 Å². The average Bonchev–Trinajstić information content (AvgIpc) is 2.39. The second kappa shape index (κ2) is 7.25. The van der Waals surface area contributed by atoms with Crippen LogP contribution in [-0.2, 0) is 4.79 Å². The molecule has 0 atom stereocenters. The van der Waals surface area contributed by atoms with Gasteiger partial charge in [-0.15, -0.1) is 0 Å². The summed E-state index contributed by atoms with van der Waals surface area (Å²) in [5.41, 5.74) is 6.44. The average molecular weight is 265 g/mol. The molecule has 4 N–H and O–H groups in total. The van der Waals surface area contributed by atoms with Crippen molar-refractivity contribution in [3.05, 3.63) is 23.8 Å². The minimum absolute atomic E-state index is 0.0959. The van der Waals surface area contributed by atoms with Crippen molar-refractivity contribution in [3.8, 4) is 5.75 Å². The van der Waals surface area contributed by atoms with Gasteiger partial charge in [0.25, 0.3) is 5.91 Å². The van der Waals surface area contributed by atoms with E-state index in [0.29, 0.717) is 23.5 Å². The Hall–Kier alpha value is -2.24. The summed E-state index contributed by atoms with van der Waals surface area (Å²) in [6, 6.07) is 4.98. The summed E-state index contributed by atoms with van der Waals surface area (Å²) >= 11 is 0. The molecule has 0 heterocycles. The van der Waals surface area contributed by atoms with Crippen molar-refractivity contribution >= 4 is 17.5 Å². The van der Waals surface area contributed by atoms with E-state index >= 15 is 0 Å². The third-order valence-electron chi connectivity index (χ3n) is 2.54. The molecular weight excluding hydrogens is 246 g/mol. The zero-order valence-corrected chi connectivity index (χ0v) is 11.2. The number of rotatable bonds is 6. The van der Waals surface area contributed by atoms with Crippen LogP contribution in [0.1, 0.15) is 23.7 Å². The number of ether oxygens (including phenoxy) is 1. The van der Waals surface area contributed by atoms with E-state index in [1.165, 1.54) is 7.11 Å². The number of benzene rings is 1. The molecule has 19 heavy (non-hydrogen) atoms. The Kier molecular flexibility index (Phi) is 5.66. The molecule has 0 aliphatic carbocycles. The first-order valence-electron chi connectivity index (χ1n) is 6.07. The van der Waals surface area contributed by atoms with Gasteiger partial charge in [0.15, 0.2) is 0 Å². The molecular formula is C13H19N3O3. The first-order valence-corrected chi connectivity index (χ1v) is 6.07. The van der Waals surface area contributed by atoms with E-state index in [1.807, 2.05) is 6.92 Å². The molecule has 1 rings (SSSR count). The summed E-state index contributed by atoms with van der Waals surface area (Å²) in [6.45, 7) is 2.68. The predicted octanol–water partition coefficient (Wildman–Crippen LogP) is 0.533. The fraction of sp³-hybridized carbons (Fsp3) is 0.385. The molecule has 0 aromatic heterocycles. The molecule has 0 saturated carbocycles. The Labute approximate surface area is 112 Å². The quantitative estimate of drug-likeness (QED) is 0.654. The van der Waals surface area contributed by atoms with Crippen molar-refractivity contribution in [2.75, 3.05) is 25.9 Å². The molecule has 0 aliphatic rings. The van der Waals surface area contributed by atoms with Gasteiger partial charge in [0, 0.05) is 19.5 Å². The van der Waals surface area contributed by atoms with E-state index in [0.717, 1.165) is 0 Å². The number of para-hydroxylation sites is 1. The molecule has 0 radical (unpaired) electrons. The van der Waals surface area contributed by atoms with Crippen LogP contribution in [0.25, 0.3) is 0 Å². The number of hydrogen-bond donors (Lipinski definition) is 3. The zero-order valence-electron chi connectivity index (χ0n) is 11.2. The van der Waals surface area contributed by atoms with Crippen molar-refractivity contribution in [2.24, 2.45) is 0 Å². The topological polar surface area (TPSA) is 93.5 Å². The van der Waals surface area contributed by atoms with Crippen LogP contribution < -0.4 is 21.1 Å². The molecule has 6 nitrogen and oxygen atoms in total. The van der Waals surface area contributed by atoms with Gasteiger partial charge in [0.05, 0.1) is 18.4 Å². The van der Waals surface area contributed by atoms with Gasteiger partial charge in [-0.2, -0.15) is 0 Å². The monoisotopic (exact) mass is 265 g/mol. The van der Waals surface area contributed by atoms with Gasteiger partial charge in [-0.05, 0) is 19.1 Å². The normalized spacial score (nSPS) is 9.79. The summed E-state index contributed by atoms with van der Waals surface area (Å²) in [6.07, 6.45) is 0.240. The number of nitrogen functional groups attached to an aromatic ring is 1. The van der Waals surface area contributed by atoms with Crippen molar-refractivity contribution < 1.29 is 14.3 Å². The van der Waals surface area contributed by atoms with Crippen LogP contribution in [0, 0.1) is 0 Å². The molecule has 0 spiro atoms. The highest BCUT2D eigenvalue weighted by atomic mass is 16.5. The van der Waals surface area contributed by atoms with Gasteiger partial charge in [-0.25, -0.2) is 0 Å². The van der Waals surface area contributed by atoms with E-state index in [-0.39, 0.29) is 24.8 Å². The summed E-state index contributed by atoms with van der Waals surface area (Å²) < 4.78 is 5.04. The Morgan fingerprint density at radius 2 is 2.05 bits per heavy atom. The fourth-order valence-electron chi connectivity index (χ4n) is 1.59. The van der Waals surface area contributed by atoms with Crippen LogP contribution in [0.5, 0.6) is 5.75 Å². The maximum Gasteiger partial charge on any atom is 0.253 e. The van der Waals surface area contributed by atoms with Crippen LogP contribution in [0.4, 0.5) is 5.69 Å². The van der Waals surface area contributed by atoms with Gasteiger partial charge < -0.3 is 21.1 Å². The SMILES string of the molecule is CCNC(=O)CCNC(=O)c1cccc(OC)c1N. The lowest BCUT2D eigenvalue weighted by atomic mass is 10.1. The molecule has 2 amide bonds. The predicted molar refractivity (Wildman–Crippen MR) is 73.0 cm³/mol. The van der Waals surface area contributed by atoms with Crippen LogP contribution in [0.15, 0.2) is 18.2 Å². The molecule has 1 aromatic carbocycles. The fourth-order valence-corrected chi connectivity index (χ4v) is 1.59. The number of methoxy groups -OCH3 is 1. The standard InChI is InChI=1S/C13H19N3O3/c1-3-15-11(17)7-8-16-13(18)9-5-4-6-10(19-2)12(9)14/h4-6H,3,7-8,14H2,1-2H3,(H,15,17)(H,16,18). The third-order valence-corrected chi connectivity index (χ3v) is 2.54. The first-order chi connectivity index (χ1) is 9.10. The number of nitrogens with one attached hydrogen (secondary N) is 2. The number of carbonyl (C=O) groups excluding carboxylic acids is 2. The Balaban J connectivity index is 2.57. The molecule has 0 aliphatic heterocycles. The maximum atomic E-state index is 11.9. The second-order valence-electron chi connectivity index (χ2n) is 3.88. The minimum atomic E-state index is -0.319. The lowest BCUT2D eigenvalue weighted by Crippen LogP contribution is -2.31. The van der Waals surface area contributed by atoms with Gasteiger partial charge in [0.2, 0.25) is 5.91 Å². The van der Waals surface area contributed by atoms with E-state index < -0.39 is 0 Å². The molecule has 6 heteroatoms. The lowest BCUT2D eigenvalue weighted by molar-refractivity contribution is -0.120. The third kappa shape index (κ3) is 4.17. The van der Waals surface area contributed by atoms with E-state index in [4.69, 9.17) is 10.5 Å². The number of hydrogen-bond acceptors (Lipinski definition) is 4. The van der Waals surface area contributed by atoms with Crippen molar-refractivity contribution in [1.29, 1.82) is 0 Å². The molecule has 0 fully saturated rings. The molecule has 0 saturated heterocycles. The smallest absolute Gasteiger partial charge is 0.253 e. The number of anilines is 1. The minimum Gasteiger partial charge on any atom is -0.495 e. The molecule has 0 bridgehead atoms. The van der Waals surface area contributed by atoms with Gasteiger partial charge in [-0.3, -0.25) is 9.59 Å². The Morgan fingerprint density at radius 3 is 2.68 bits per heavy atom. The van der Waals surface area contributed by atoms with Gasteiger partial charge in [0.1, 0.15) is 5.75 Å². The summed E-state index contributed by atoms with van der Waals surface area (Å²) in [5.74, 6) is 0.0403. The number of nitrogens with two attached hydrogens (primary N) is 1. The highest BCUT2D eigenvalue weighted by molar-refractivity contribution is 6.00. The van der Waals surface area contributed by atoms with Crippen LogP contribution in [-0.4, -0.2) is 32.0 Å².